The molecular formula is C23H29N3O4. The first kappa shape index (κ1) is 21.5. The van der Waals surface area contributed by atoms with Crippen LogP contribution in [0.15, 0.2) is 53.6 Å². The number of amides is 2. The van der Waals surface area contributed by atoms with E-state index in [9.17, 15) is 4.79 Å². The minimum Gasteiger partial charge on any atom is -0.497 e. The third kappa shape index (κ3) is 7.31. The normalized spacial score (nSPS) is 14.3. The smallest absolute Gasteiger partial charge is 0.335 e. The summed E-state index contributed by atoms with van der Waals surface area (Å²) in [4.78, 5) is 11.9. The fraction of sp³-hybridized carbons (Fsp3) is 0.391. The number of hydrazone groups is 1. The molecule has 1 saturated carbocycles. The molecule has 0 atom stereocenters. The molecule has 2 N–H and O–H groups in total. The van der Waals surface area contributed by atoms with Gasteiger partial charge in [0.2, 0.25) is 0 Å². The summed E-state index contributed by atoms with van der Waals surface area (Å²) in [7, 11) is 1.62. The molecule has 1 aliphatic rings. The number of nitrogens with one attached hydrogen (secondary N) is 2. The highest BCUT2D eigenvalue weighted by Crippen LogP contribution is 2.19. The van der Waals surface area contributed by atoms with Gasteiger partial charge < -0.3 is 19.5 Å². The Kier molecular flexibility index (Phi) is 8.38. The number of carbonyl (C=O) groups is 1. The van der Waals surface area contributed by atoms with Crippen molar-refractivity contribution in [3.05, 3.63) is 54.1 Å². The highest BCUT2D eigenvalue weighted by molar-refractivity contribution is 5.82. The van der Waals surface area contributed by atoms with E-state index in [1.165, 1.54) is 19.3 Å². The van der Waals surface area contributed by atoms with Gasteiger partial charge in [-0.05, 0) is 54.8 Å². The number of urea groups is 1. The summed E-state index contributed by atoms with van der Waals surface area (Å²) in [6, 6.07) is 14.9. The lowest BCUT2D eigenvalue weighted by Gasteiger charge is -2.22. The van der Waals surface area contributed by atoms with E-state index in [4.69, 9.17) is 14.2 Å². The second kappa shape index (κ2) is 11.7. The van der Waals surface area contributed by atoms with Crippen molar-refractivity contribution >= 4 is 12.2 Å². The van der Waals surface area contributed by atoms with Crippen LogP contribution in [0.2, 0.25) is 0 Å². The van der Waals surface area contributed by atoms with Crippen LogP contribution in [0.3, 0.4) is 0 Å². The molecule has 0 aliphatic heterocycles. The molecule has 0 aromatic heterocycles. The summed E-state index contributed by atoms with van der Waals surface area (Å²) < 4.78 is 16.5. The van der Waals surface area contributed by atoms with Gasteiger partial charge in [0.25, 0.3) is 0 Å². The number of nitrogens with zero attached hydrogens (tertiary/aromatic N) is 1. The van der Waals surface area contributed by atoms with Crippen molar-refractivity contribution in [1.82, 2.24) is 10.7 Å². The van der Waals surface area contributed by atoms with E-state index in [2.05, 4.69) is 15.8 Å². The Balaban J connectivity index is 1.34. The predicted molar refractivity (Wildman–Crippen MR) is 117 cm³/mol. The van der Waals surface area contributed by atoms with Gasteiger partial charge in [-0.15, -0.1) is 0 Å². The van der Waals surface area contributed by atoms with Crippen LogP contribution in [0.4, 0.5) is 4.79 Å². The van der Waals surface area contributed by atoms with E-state index < -0.39 is 0 Å². The molecular weight excluding hydrogens is 382 g/mol. The summed E-state index contributed by atoms with van der Waals surface area (Å²) in [5.41, 5.74) is 3.39. The zero-order chi connectivity index (χ0) is 21.0. The average molecular weight is 412 g/mol. The maximum absolute atomic E-state index is 11.9. The average Bonchev–Trinajstić information content (AvgIpc) is 2.78. The molecule has 1 fully saturated rings. The fourth-order valence-corrected chi connectivity index (χ4v) is 3.29. The standard InChI is InChI=1S/C23H29N3O4/c1-28-21-8-5-9-22(16-21)30-15-14-29-20-12-10-18(11-13-20)17-24-26-23(27)25-19-6-3-2-4-7-19/h5,8-13,16-17,19H,2-4,6-7,14-15H2,1H3,(H2,25,26,27). The van der Waals surface area contributed by atoms with Crippen LogP contribution in [0.5, 0.6) is 17.2 Å². The minimum atomic E-state index is -0.255. The topological polar surface area (TPSA) is 81.2 Å². The third-order valence-electron chi connectivity index (χ3n) is 4.86. The molecule has 3 rings (SSSR count). The molecule has 7 nitrogen and oxygen atoms in total. The Bertz CT molecular complexity index is 817. The first-order valence-corrected chi connectivity index (χ1v) is 10.3. The molecule has 0 bridgehead atoms. The van der Waals surface area contributed by atoms with E-state index in [0.717, 1.165) is 35.7 Å². The molecule has 2 aromatic carbocycles. The van der Waals surface area contributed by atoms with Gasteiger partial charge in [-0.2, -0.15) is 5.10 Å². The molecule has 1 aliphatic carbocycles. The van der Waals surface area contributed by atoms with Gasteiger partial charge >= 0.3 is 6.03 Å². The number of methoxy groups -OCH3 is 1. The fourth-order valence-electron chi connectivity index (χ4n) is 3.29. The summed E-state index contributed by atoms with van der Waals surface area (Å²) in [6.45, 7) is 0.851. The highest BCUT2D eigenvalue weighted by Gasteiger charge is 2.14. The first-order valence-electron chi connectivity index (χ1n) is 10.3. The van der Waals surface area contributed by atoms with E-state index in [0.29, 0.717) is 13.2 Å². The second-order valence-corrected chi connectivity index (χ2v) is 7.12. The largest absolute Gasteiger partial charge is 0.497 e. The Morgan fingerprint density at radius 1 is 1.00 bits per heavy atom. The molecule has 0 heterocycles. The Labute approximate surface area is 177 Å². The molecule has 7 heteroatoms. The van der Waals surface area contributed by atoms with Crippen LogP contribution in [0.25, 0.3) is 0 Å². The van der Waals surface area contributed by atoms with E-state index in [1.54, 1.807) is 13.3 Å². The lowest BCUT2D eigenvalue weighted by atomic mass is 9.96. The van der Waals surface area contributed by atoms with Gasteiger partial charge in [0.05, 0.1) is 13.3 Å². The molecule has 0 spiro atoms. The van der Waals surface area contributed by atoms with Gasteiger partial charge in [-0.1, -0.05) is 25.3 Å². The predicted octanol–water partition coefficient (Wildman–Crippen LogP) is 4.12. The summed E-state index contributed by atoms with van der Waals surface area (Å²) >= 11 is 0. The highest BCUT2D eigenvalue weighted by atomic mass is 16.5. The van der Waals surface area contributed by atoms with Gasteiger partial charge in [0.1, 0.15) is 30.5 Å². The molecule has 0 unspecified atom stereocenters. The van der Waals surface area contributed by atoms with Gasteiger partial charge in [-0.25, -0.2) is 10.2 Å². The van der Waals surface area contributed by atoms with E-state index >= 15 is 0 Å². The third-order valence-corrected chi connectivity index (χ3v) is 4.86. The number of hydrogen-bond acceptors (Lipinski definition) is 5. The Hall–Kier alpha value is -3.22. The Morgan fingerprint density at radius 3 is 2.43 bits per heavy atom. The van der Waals surface area contributed by atoms with Crippen LogP contribution in [-0.2, 0) is 0 Å². The van der Waals surface area contributed by atoms with Crippen molar-refractivity contribution in [3.63, 3.8) is 0 Å². The maximum atomic E-state index is 11.9. The quantitative estimate of drug-likeness (QED) is 0.369. The van der Waals surface area contributed by atoms with Crippen LogP contribution in [0, 0.1) is 0 Å². The molecule has 0 radical (unpaired) electrons. The summed E-state index contributed by atoms with van der Waals surface area (Å²) in [6.07, 6.45) is 7.31. The summed E-state index contributed by atoms with van der Waals surface area (Å²) in [5, 5.41) is 6.96. The van der Waals surface area contributed by atoms with Crippen LogP contribution in [-0.4, -0.2) is 38.6 Å². The van der Waals surface area contributed by atoms with E-state index in [-0.39, 0.29) is 12.1 Å². The van der Waals surface area contributed by atoms with Crippen LogP contribution in [0.1, 0.15) is 37.7 Å². The zero-order valence-electron chi connectivity index (χ0n) is 17.3. The van der Waals surface area contributed by atoms with Gasteiger partial charge in [0.15, 0.2) is 0 Å². The second-order valence-electron chi connectivity index (χ2n) is 7.12. The van der Waals surface area contributed by atoms with Crippen molar-refractivity contribution in [2.45, 2.75) is 38.1 Å². The summed E-state index contributed by atoms with van der Waals surface area (Å²) in [5.74, 6) is 2.24. The van der Waals surface area contributed by atoms with Crippen molar-refractivity contribution in [2.75, 3.05) is 20.3 Å². The lowest BCUT2D eigenvalue weighted by molar-refractivity contribution is 0.216. The number of hydrogen-bond donors (Lipinski definition) is 2. The van der Waals surface area contributed by atoms with Crippen molar-refractivity contribution in [2.24, 2.45) is 5.10 Å². The molecule has 30 heavy (non-hydrogen) atoms. The molecule has 0 saturated heterocycles. The Morgan fingerprint density at radius 2 is 1.70 bits per heavy atom. The van der Waals surface area contributed by atoms with Gasteiger partial charge in [-0.3, -0.25) is 0 Å². The number of carbonyl (C=O) groups excluding carboxylic acids is 1. The molecule has 160 valence electrons. The van der Waals surface area contributed by atoms with Crippen LogP contribution >= 0.6 is 0 Å². The van der Waals surface area contributed by atoms with Gasteiger partial charge in [0, 0.05) is 12.1 Å². The van der Waals surface area contributed by atoms with E-state index in [1.807, 2.05) is 48.5 Å². The van der Waals surface area contributed by atoms with Crippen LogP contribution < -0.4 is 25.0 Å². The lowest BCUT2D eigenvalue weighted by Crippen LogP contribution is -2.41. The zero-order valence-corrected chi connectivity index (χ0v) is 17.3. The molecule has 2 amide bonds. The van der Waals surface area contributed by atoms with Crippen molar-refractivity contribution < 1.29 is 19.0 Å². The number of ether oxygens (including phenoxy) is 3. The monoisotopic (exact) mass is 411 g/mol. The molecule has 2 aromatic rings. The maximum Gasteiger partial charge on any atom is 0.335 e. The number of benzene rings is 2. The van der Waals surface area contributed by atoms with Crippen molar-refractivity contribution in [1.29, 1.82) is 0 Å². The van der Waals surface area contributed by atoms with Crippen molar-refractivity contribution in [3.8, 4) is 17.2 Å². The SMILES string of the molecule is COc1cccc(OCCOc2ccc(C=NNC(=O)NC3CCCCC3)cc2)c1. The number of rotatable bonds is 9. The first-order chi connectivity index (χ1) is 14.7. The minimum absolute atomic E-state index is 0.255.